The van der Waals surface area contributed by atoms with Crippen LogP contribution >= 0.6 is 19.5 Å². The van der Waals surface area contributed by atoms with E-state index < -0.39 is 7.60 Å². The molecule has 0 saturated carbocycles. The van der Waals surface area contributed by atoms with E-state index in [2.05, 4.69) is 4.08 Å². The van der Waals surface area contributed by atoms with Crippen molar-refractivity contribution in [1.82, 2.24) is 0 Å². The minimum absolute atomic E-state index is 0.416. The molecule has 88 valence electrons. The molecule has 5 heteroatoms. The molecule has 0 radical (unpaired) electrons. The summed E-state index contributed by atoms with van der Waals surface area (Å²) in [7, 11) is -3.51. The van der Waals surface area contributed by atoms with Crippen LogP contribution in [0.1, 0.15) is 0 Å². The molecule has 0 aromatic heterocycles. The topological polar surface area (TPSA) is 35.5 Å². The zero-order chi connectivity index (χ0) is 12.1. The Morgan fingerprint density at radius 3 is 1.94 bits per heavy atom. The molecule has 0 heterocycles. The fraction of sp³-hybridized carbons (Fsp3) is 0. The van der Waals surface area contributed by atoms with E-state index >= 15 is 0 Å². The molecular formula is C12H10ClO3P. The molecule has 0 bridgehead atoms. The first kappa shape index (κ1) is 12.2. The lowest BCUT2D eigenvalue weighted by Crippen LogP contribution is -2.09. The molecule has 0 spiro atoms. The lowest BCUT2D eigenvalue weighted by atomic mass is 10.3. The molecule has 0 aliphatic carbocycles. The van der Waals surface area contributed by atoms with Crippen LogP contribution in [-0.4, -0.2) is 0 Å². The van der Waals surface area contributed by atoms with Crippen LogP contribution in [0.4, 0.5) is 0 Å². The van der Waals surface area contributed by atoms with E-state index in [9.17, 15) is 4.57 Å². The van der Waals surface area contributed by atoms with Gasteiger partial charge in [0.25, 0.3) is 0 Å². The summed E-state index contributed by atoms with van der Waals surface area (Å²) in [6.45, 7) is 0. The van der Waals surface area contributed by atoms with Crippen LogP contribution in [0, 0.1) is 0 Å². The van der Waals surface area contributed by atoms with Gasteiger partial charge < -0.3 is 4.52 Å². The Labute approximate surface area is 105 Å². The van der Waals surface area contributed by atoms with Gasteiger partial charge in [-0.05, 0) is 24.3 Å². The second-order valence-corrected chi connectivity index (χ2v) is 5.55. The van der Waals surface area contributed by atoms with E-state index in [4.69, 9.17) is 16.4 Å². The van der Waals surface area contributed by atoms with E-state index in [1.165, 1.54) is 0 Å². The molecular weight excluding hydrogens is 259 g/mol. The molecule has 3 nitrogen and oxygen atoms in total. The number of benzene rings is 2. The molecule has 2 rings (SSSR count). The molecule has 0 saturated heterocycles. The smallest absolute Gasteiger partial charge is 0.420 e. The van der Waals surface area contributed by atoms with Gasteiger partial charge in [0, 0.05) is 0 Å². The van der Waals surface area contributed by atoms with Crippen LogP contribution in [0.5, 0.6) is 5.75 Å². The van der Waals surface area contributed by atoms with E-state index in [-0.39, 0.29) is 0 Å². The van der Waals surface area contributed by atoms with Crippen molar-refractivity contribution in [2.24, 2.45) is 0 Å². The zero-order valence-electron chi connectivity index (χ0n) is 8.82. The Balaban J connectivity index is 2.30. The highest BCUT2D eigenvalue weighted by molar-refractivity contribution is 7.63. The van der Waals surface area contributed by atoms with Crippen LogP contribution in [0.3, 0.4) is 0 Å². The number of halogens is 1. The van der Waals surface area contributed by atoms with Gasteiger partial charge in [-0.25, -0.2) is 4.57 Å². The Morgan fingerprint density at radius 2 is 1.41 bits per heavy atom. The van der Waals surface area contributed by atoms with Crippen molar-refractivity contribution in [2.75, 3.05) is 0 Å². The minimum atomic E-state index is -3.51. The van der Waals surface area contributed by atoms with Crippen molar-refractivity contribution in [1.29, 1.82) is 0 Å². The zero-order valence-corrected chi connectivity index (χ0v) is 10.5. The van der Waals surface area contributed by atoms with Gasteiger partial charge in [-0.15, -0.1) is 0 Å². The highest BCUT2D eigenvalue weighted by atomic mass is 35.5. The molecule has 0 amide bonds. The van der Waals surface area contributed by atoms with Gasteiger partial charge in [0.1, 0.15) is 5.75 Å². The van der Waals surface area contributed by atoms with Crippen molar-refractivity contribution in [3.05, 3.63) is 60.7 Å². The maximum absolute atomic E-state index is 12.4. The summed E-state index contributed by atoms with van der Waals surface area (Å²) >= 11 is 5.31. The summed E-state index contributed by atoms with van der Waals surface area (Å²) in [5.41, 5.74) is 0. The molecule has 1 unspecified atom stereocenters. The summed E-state index contributed by atoms with van der Waals surface area (Å²) in [6, 6.07) is 17.3. The van der Waals surface area contributed by atoms with E-state index in [1.54, 1.807) is 48.5 Å². The third-order valence-corrected chi connectivity index (χ3v) is 4.24. The maximum atomic E-state index is 12.4. The van der Waals surface area contributed by atoms with Crippen molar-refractivity contribution >= 4 is 24.8 Å². The van der Waals surface area contributed by atoms with Crippen molar-refractivity contribution < 1.29 is 13.2 Å². The molecule has 2 aromatic rings. The summed E-state index contributed by atoms with van der Waals surface area (Å²) in [5.74, 6) is 0.445. The van der Waals surface area contributed by atoms with E-state index in [0.29, 0.717) is 11.1 Å². The van der Waals surface area contributed by atoms with Gasteiger partial charge in [0.15, 0.2) is 0 Å². The van der Waals surface area contributed by atoms with Gasteiger partial charge in [0.05, 0.1) is 17.2 Å². The average Bonchev–Trinajstić information content (AvgIpc) is 2.41. The van der Waals surface area contributed by atoms with Gasteiger partial charge in [0.2, 0.25) is 0 Å². The molecule has 0 N–H and O–H groups in total. The fourth-order valence-electron chi connectivity index (χ4n) is 1.34. The standard InChI is InChI=1S/C12H10ClO3P/c13-16-17(14,12-9-5-2-6-10-12)15-11-7-3-1-4-8-11/h1-10H. The molecule has 0 aliphatic rings. The largest absolute Gasteiger partial charge is 0.427 e. The van der Waals surface area contributed by atoms with E-state index in [1.807, 2.05) is 12.1 Å². The molecule has 17 heavy (non-hydrogen) atoms. The SMILES string of the molecule is O=P(OCl)(Oc1ccccc1)c1ccccc1. The summed E-state index contributed by atoms with van der Waals surface area (Å²) in [4.78, 5) is 0. The normalized spacial score (nSPS) is 13.9. The van der Waals surface area contributed by atoms with Crippen LogP contribution in [-0.2, 0) is 8.64 Å². The Bertz CT molecular complexity index is 516. The van der Waals surface area contributed by atoms with Gasteiger partial charge in [-0.1, -0.05) is 36.4 Å². The number of hydrogen-bond acceptors (Lipinski definition) is 3. The van der Waals surface area contributed by atoms with E-state index in [0.717, 1.165) is 0 Å². The van der Waals surface area contributed by atoms with Crippen molar-refractivity contribution in [2.45, 2.75) is 0 Å². The quantitative estimate of drug-likeness (QED) is 0.792. The number of hydrogen-bond donors (Lipinski definition) is 0. The van der Waals surface area contributed by atoms with Crippen molar-refractivity contribution in [3.8, 4) is 5.75 Å². The minimum Gasteiger partial charge on any atom is -0.420 e. The monoisotopic (exact) mass is 268 g/mol. The third kappa shape index (κ3) is 2.89. The van der Waals surface area contributed by atoms with Gasteiger partial charge in [-0.2, -0.15) is 4.08 Å². The first-order valence-electron chi connectivity index (χ1n) is 4.95. The first-order valence-corrected chi connectivity index (χ1v) is 6.80. The van der Waals surface area contributed by atoms with Crippen LogP contribution < -0.4 is 9.83 Å². The first-order chi connectivity index (χ1) is 8.24. The van der Waals surface area contributed by atoms with Crippen LogP contribution in [0.15, 0.2) is 60.7 Å². The molecule has 1 atom stereocenters. The maximum Gasteiger partial charge on any atom is 0.427 e. The van der Waals surface area contributed by atoms with Gasteiger partial charge >= 0.3 is 7.60 Å². The van der Waals surface area contributed by atoms with Crippen LogP contribution in [0.2, 0.25) is 0 Å². The number of rotatable bonds is 4. The summed E-state index contributed by atoms with van der Waals surface area (Å²) in [5, 5.41) is 0.416. The average molecular weight is 269 g/mol. The molecule has 0 fully saturated rings. The highest BCUT2D eigenvalue weighted by Crippen LogP contribution is 2.48. The lowest BCUT2D eigenvalue weighted by molar-refractivity contribution is 0.414. The molecule has 0 aliphatic heterocycles. The van der Waals surface area contributed by atoms with Gasteiger partial charge in [-0.3, -0.25) is 0 Å². The second-order valence-electron chi connectivity index (χ2n) is 3.31. The lowest BCUT2D eigenvalue weighted by Gasteiger charge is -2.15. The Morgan fingerprint density at radius 1 is 0.882 bits per heavy atom. The van der Waals surface area contributed by atoms with Crippen molar-refractivity contribution in [3.63, 3.8) is 0 Å². The number of para-hydroxylation sites is 1. The summed E-state index contributed by atoms with van der Waals surface area (Å²) < 4.78 is 22.2. The fourth-order valence-corrected chi connectivity index (χ4v) is 2.81. The highest BCUT2D eigenvalue weighted by Gasteiger charge is 2.29. The Hall–Kier alpha value is -1.28. The molecule has 2 aromatic carbocycles. The second kappa shape index (κ2) is 5.37. The Kier molecular flexibility index (Phi) is 3.85. The summed E-state index contributed by atoms with van der Waals surface area (Å²) in [6.07, 6.45) is 0. The predicted molar refractivity (Wildman–Crippen MR) is 67.7 cm³/mol. The van der Waals surface area contributed by atoms with Crippen LogP contribution in [0.25, 0.3) is 0 Å². The third-order valence-electron chi connectivity index (χ3n) is 2.13. The predicted octanol–water partition coefficient (Wildman–Crippen LogP) is 3.75.